The zero-order chi connectivity index (χ0) is 18.5. The van der Waals surface area contributed by atoms with E-state index in [2.05, 4.69) is 68.2 Å². The molecular weight excluding hydrogens is 336 g/mol. The number of H-pyrrole nitrogens is 1. The fraction of sp³-hybridized carbons (Fsp3) is 0.190. The van der Waals surface area contributed by atoms with Gasteiger partial charge in [0.1, 0.15) is 0 Å². The zero-order valence-corrected chi connectivity index (χ0v) is 15.2. The van der Waals surface area contributed by atoms with Crippen molar-refractivity contribution in [2.45, 2.75) is 19.8 Å². The fourth-order valence-electron chi connectivity index (χ4n) is 3.18. The number of nitrogens with one attached hydrogen (secondary N) is 3. The molecule has 0 bridgehead atoms. The van der Waals surface area contributed by atoms with Gasteiger partial charge in [-0.15, -0.1) is 5.10 Å². The van der Waals surface area contributed by atoms with E-state index in [0.717, 1.165) is 30.6 Å². The van der Waals surface area contributed by atoms with Crippen molar-refractivity contribution >= 4 is 28.4 Å². The highest BCUT2D eigenvalue weighted by Gasteiger charge is 2.06. The van der Waals surface area contributed by atoms with E-state index in [4.69, 9.17) is 0 Å². The largest absolute Gasteiger partial charge is 0.368 e. The van der Waals surface area contributed by atoms with Crippen molar-refractivity contribution in [3.63, 3.8) is 0 Å². The lowest BCUT2D eigenvalue weighted by molar-refractivity contribution is 0.951. The fourth-order valence-corrected chi connectivity index (χ4v) is 3.18. The first kappa shape index (κ1) is 17.0. The highest BCUT2D eigenvalue weighted by Crippen LogP contribution is 2.20. The van der Waals surface area contributed by atoms with Crippen molar-refractivity contribution in [3.05, 3.63) is 72.1 Å². The molecule has 2 heterocycles. The molecule has 0 atom stereocenters. The number of fused-ring (bicyclic) bond motifs is 1. The Bertz CT molecular complexity index is 1040. The molecule has 27 heavy (non-hydrogen) atoms. The number of anilines is 3. The molecule has 0 unspecified atom stereocenters. The van der Waals surface area contributed by atoms with Crippen LogP contribution in [0.1, 0.15) is 18.1 Å². The van der Waals surface area contributed by atoms with Crippen LogP contribution in [0.2, 0.25) is 0 Å². The molecule has 4 rings (SSSR count). The normalized spacial score (nSPS) is 10.9. The Labute approximate surface area is 158 Å². The Kier molecular flexibility index (Phi) is 4.96. The lowest BCUT2D eigenvalue weighted by atomic mass is 10.1. The van der Waals surface area contributed by atoms with Gasteiger partial charge in [-0.3, -0.25) is 0 Å². The van der Waals surface area contributed by atoms with Gasteiger partial charge in [0.25, 0.3) is 0 Å². The first-order valence-corrected chi connectivity index (χ1v) is 9.17. The highest BCUT2D eigenvalue weighted by atomic mass is 15.3. The Morgan fingerprint density at radius 3 is 2.78 bits per heavy atom. The van der Waals surface area contributed by atoms with Crippen LogP contribution < -0.4 is 10.6 Å². The molecule has 136 valence electrons. The van der Waals surface area contributed by atoms with E-state index in [1.165, 1.54) is 16.5 Å². The molecule has 3 N–H and O–H groups in total. The van der Waals surface area contributed by atoms with Crippen LogP contribution in [0.15, 0.2) is 60.9 Å². The van der Waals surface area contributed by atoms with Gasteiger partial charge in [-0.2, -0.15) is 10.1 Å². The molecule has 0 amide bonds. The average molecular weight is 358 g/mol. The minimum absolute atomic E-state index is 0.494. The number of aromatic nitrogens is 4. The molecule has 0 radical (unpaired) electrons. The summed E-state index contributed by atoms with van der Waals surface area (Å²) in [5.74, 6) is 1.20. The van der Waals surface area contributed by atoms with E-state index in [-0.39, 0.29) is 0 Å². The lowest BCUT2D eigenvalue weighted by Gasteiger charge is -2.10. The minimum atomic E-state index is 0.494. The van der Waals surface area contributed by atoms with Gasteiger partial charge in [-0.05, 0) is 36.1 Å². The van der Waals surface area contributed by atoms with Crippen LogP contribution in [-0.2, 0) is 12.8 Å². The monoisotopic (exact) mass is 358 g/mol. The second-order valence-electron chi connectivity index (χ2n) is 6.34. The van der Waals surface area contributed by atoms with Gasteiger partial charge in [0.2, 0.25) is 5.95 Å². The van der Waals surface area contributed by atoms with Gasteiger partial charge >= 0.3 is 0 Å². The maximum atomic E-state index is 4.52. The van der Waals surface area contributed by atoms with Gasteiger partial charge in [0.05, 0.1) is 6.20 Å². The maximum Gasteiger partial charge on any atom is 0.249 e. The van der Waals surface area contributed by atoms with E-state index < -0.39 is 0 Å². The first-order valence-electron chi connectivity index (χ1n) is 9.17. The summed E-state index contributed by atoms with van der Waals surface area (Å²) in [7, 11) is 0. The van der Waals surface area contributed by atoms with Crippen molar-refractivity contribution < 1.29 is 0 Å². The zero-order valence-electron chi connectivity index (χ0n) is 15.2. The molecule has 2 aromatic heterocycles. The van der Waals surface area contributed by atoms with Crippen LogP contribution in [0.3, 0.4) is 0 Å². The van der Waals surface area contributed by atoms with Crippen molar-refractivity contribution in [1.82, 2.24) is 20.2 Å². The molecule has 0 spiro atoms. The van der Waals surface area contributed by atoms with E-state index in [1.807, 2.05) is 24.3 Å². The Balaban J connectivity index is 1.41. The Hall–Kier alpha value is -3.41. The number of rotatable bonds is 7. The first-order chi connectivity index (χ1) is 13.3. The molecule has 0 aliphatic rings. The molecule has 0 aliphatic carbocycles. The third-order valence-corrected chi connectivity index (χ3v) is 4.58. The number of aromatic amines is 1. The van der Waals surface area contributed by atoms with Crippen molar-refractivity contribution in [2.75, 3.05) is 17.2 Å². The van der Waals surface area contributed by atoms with E-state index in [1.54, 1.807) is 6.20 Å². The Morgan fingerprint density at radius 1 is 1.00 bits per heavy atom. The van der Waals surface area contributed by atoms with Crippen molar-refractivity contribution in [3.8, 4) is 0 Å². The van der Waals surface area contributed by atoms with Gasteiger partial charge in [0.15, 0.2) is 5.82 Å². The number of benzene rings is 2. The summed E-state index contributed by atoms with van der Waals surface area (Å²) < 4.78 is 0. The molecule has 0 saturated carbocycles. The SMILES string of the molecule is CCc1ccccc1Nc1nncc(NCCc2c[nH]c3ccccc23)n1. The molecule has 6 heteroatoms. The van der Waals surface area contributed by atoms with Gasteiger partial charge < -0.3 is 15.6 Å². The van der Waals surface area contributed by atoms with Crippen LogP contribution in [0.4, 0.5) is 17.5 Å². The molecule has 0 aliphatic heterocycles. The third kappa shape index (κ3) is 3.89. The summed E-state index contributed by atoms with van der Waals surface area (Å²) in [5, 5.41) is 16.0. The summed E-state index contributed by atoms with van der Waals surface area (Å²) >= 11 is 0. The standard InChI is InChI=1S/C21H22N6/c1-2-15-7-3-5-9-18(15)25-21-26-20(14-24-27-21)22-12-11-16-13-23-19-10-6-4-8-17(16)19/h3-10,13-14,23H,2,11-12H2,1H3,(H2,22,25,26,27). The molecular formula is C21H22N6. The summed E-state index contributed by atoms with van der Waals surface area (Å²) in [4.78, 5) is 7.83. The smallest absolute Gasteiger partial charge is 0.249 e. The third-order valence-electron chi connectivity index (χ3n) is 4.58. The van der Waals surface area contributed by atoms with Crippen LogP contribution in [0, 0.1) is 0 Å². The molecule has 6 nitrogen and oxygen atoms in total. The summed E-state index contributed by atoms with van der Waals surface area (Å²) in [5.41, 5.74) is 4.68. The van der Waals surface area contributed by atoms with Crippen LogP contribution >= 0.6 is 0 Å². The maximum absolute atomic E-state index is 4.52. The Morgan fingerprint density at radius 2 is 1.85 bits per heavy atom. The van der Waals surface area contributed by atoms with E-state index in [9.17, 15) is 0 Å². The van der Waals surface area contributed by atoms with Crippen LogP contribution in [0.5, 0.6) is 0 Å². The molecule has 2 aromatic carbocycles. The second kappa shape index (κ2) is 7.86. The number of hydrogen-bond donors (Lipinski definition) is 3. The second-order valence-corrected chi connectivity index (χ2v) is 6.34. The highest BCUT2D eigenvalue weighted by molar-refractivity contribution is 5.83. The van der Waals surface area contributed by atoms with E-state index >= 15 is 0 Å². The van der Waals surface area contributed by atoms with Crippen LogP contribution in [0.25, 0.3) is 10.9 Å². The summed E-state index contributed by atoms with van der Waals surface area (Å²) in [6.45, 7) is 2.90. The predicted octanol–water partition coefficient (Wildman–Crippen LogP) is 4.31. The molecule has 4 aromatic rings. The van der Waals surface area contributed by atoms with Crippen molar-refractivity contribution in [1.29, 1.82) is 0 Å². The van der Waals surface area contributed by atoms with Gasteiger partial charge in [0, 0.05) is 29.3 Å². The molecule has 0 fully saturated rings. The summed E-state index contributed by atoms with van der Waals surface area (Å²) in [6.07, 6.45) is 5.56. The van der Waals surface area contributed by atoms with Gasteiger partial charge in [-0.25, -0.2) is 0 Å². The quantitative estimate of drug-likeness (QED) is 0.459. The molecule has 0 saturated heterocycles. The van der Waals surface area contributed by atoms with Gasteiger partial charge in [-0.1, -0.05) is 43.3 Å². The summed E-state index contributed by atoms with van der Waals surface area (Å²) in [6, 6.07) is 16.5. The average Bonchev–Trinajstić information content (AvgIpc) is 3.12. The number of aryl methyl sites for hydroxylation is 1. The minimum Gasteiger partial charge on any atom is -0.368 e. The lowest BCUT2D eigenvalue weighted by Crippen LogP contribution is -2.09. The van der Waals surface area contributed by atoms with E-state index in [0.29, 0.717) is 11.8 Å². The number of hydrogen-bond acceptors (Lipinski definition) is 5. The number of para-hydroxylation sites is 2. The number of nitrogens with zero attached hydrogens (tertiary/aromatic N) is 3. The predicted molar refractivity (Wildman–Crippen MR) is 109 cm³/mol. The van der Waals surface area contributed by atoms with Crippen molar-refractivity contribution in [2.24, 2.45) is 0 Å². The van der Waals surface area contributed by atoms with Crippen LogP contribution in [-0.4, -0.2) is 26.7 Å². The topological polar surface area (TPSA) is 78.5 Å².